The monoisotopic (exact) mass is 220 g/mol. The number of rotatable bonds is 3. The van der Waals surface area contributed by atoms with Crippen LogP contribution in [0.4, 0.5) is 0 Å². The minimum Gasteiger partial charge on any atom is -0.493 e. The summed E-state index contributed by atoms with van der Waals surface area (Å²) in [4.78, 5) is 22.1. The molecule has 0 radical (unpaired) electrons. The summed E-state index contributed by atoms with van der Waals surface area (Å²) in [5.41, 5.74) is 6.47. The molecule has 5 heteroatoms. The maximum Gasteiger partial charge on any atom is 0.251 e. The summed E-state index contributed by atoms with van der Waals surface area (Å²) in [5, 5.41) is 2.44. The Morgan fingerprint density at radius 3 is 3.00 bits per heavy atom. The fourth-order valence-electron chi connectivity index (χ4n) is 1.60. The van der Waals surface area contributed by atoms with Crippen LogP contribution in [-0.2, 0) is 11.2 Å². The predicted molar refractivity (Wildman–Crippen MR) is 57.2 cm³/mol. The molecule has 2 amide bonds. The summed E-state index contributed by atoms with van der Waals surface area (Å²) in [6.07, 6.45) is 0.812. The lowest BCUT2D eigenvalue weighted by atomic mass is 10.1. The Morgan fingerprint density at radius 1 is 1.44 bits per heavy atom. The zero-order chi connectivity index (χ0) is 11.5. The van der Waals surface area contributed by atoms with Crippen LogP contribution < -0.4 is 15.8 Å². The van der Waals surface area contributed by atoms with Crippen LogP contribution in [0.3, 0.4) is 0 Å². The molecular weight excluding hydrogens is 208 g/mol. The lowest BCUT2D eigenvalue weighted by Crippen LogP contribution is -2.33. The van der Waals surface area contributed by atoms with Crippen molar-refractivity contribution in [1.82, 2.24) is 5.32 Å². The Morgan fingerprint density at radius 2 is 2.25 bits per heavy atom. The number of carbonyl (C=O) groups excluding carboxylic acids is 2. The normalized spacial score (nSPS) is 12.8. The second-order valence-corrected chi connectivity index (χ2v) is 3.57. The van der Waals surface area contributed by atoms with Gasteiger partial charge in [-0.25, -0.2) is 0 Å². The molecule has 1 heterocycles. The van der Waals surface area contributed by atoms with Gasteiger partial charge in [-0.15, -0.1) is 0 Å². The third kappa shape index (κ3) is 2.13. The molecule has 1 aliphatic rings. The molecule has 1 aromatic carbocycles. The maximum absolute atomic E-state index is 11.6. The van der Waals surface area contributed by atoms with E-state index < -0.39 is 5.91 Å². The quantitative estimate of drug-likeness (QED) is 0.742. The number of primary amides is 1. The van der Waals surface area contributed by atoms with E-state index >= 15 is 0 Å². The van der Waals surface area contributed by atoms with E-state index in [4.69, 9.17) is 10.5 Å². The SMILES string of the molecule is NC(=O)CNC(=O)c1ccc2c(c1)CCO2. The fourth-order valence-corrected chi connectivity index (χ4v) is 1.60. The van der Waals surface area contributed by atoms with Gasteiger partial charge in [0.25, 0.3) is 5.91 Å². The number of benzene rings is 1. The van der Waals surface area contributed by atoms with Gasteiger partial charge in [0.2, 0.25) is 5.91 Å². The van der Waals surface area contributed by atoms with Crippen LogP contribution in [-0.4, -0.2) is 25.0 Å². The van der Waals surface area contributed by atoms with Crippen molar-refractivity contribution < 1.29 is 14.3 Å². The van der Waals surface area contributed by atoms with Crippen molar-refractivity contribution in [1.29, 1.82) is 0 Å². The van der Waals surface area contributed by atoms with Gasteiger partial charge in [0, 0.05) is 12.0 Å². The molecule has 0 aliphatic carbocycles. The van der Waals surface area contributed by atoms with E-state index in [0.29, 0.717) is 12.2 Å². The average molecular weight is 220 g/mol. The molecule has 2 rings (SSSR count). The van der Waals surface area contributed by atoms with Gasteiger partial charge in [0.05, 0.1) is 13.2 Å². The van der Waals surface area contributed by atoms with E-state index in [1.807, 2.05) is 0 Å². The summed E-state index contributed by atoms with van der Waals surface area (Å²) in [6, 6.07) is 5.21. The number of fused-ring (bicyclic) bond motifs is 1. The number of amides is 2. The molecule has 5 nitrogen and oxygen atoms in total. The highest BCUT2D eigenvalue weighted by Gasteiger charge is 2.14. The van der Waals surface area contributed by atoms with Crippen molar-refractivity contribution in [2.24, 2.45) is 5.73 Å². The topological polar surface area (TPSA) is 81.4 Å². The molecule has 0 saturated carbocycles. The Labute approximate surface area is 92.6 Å². The minimum absolute atomic E-state index is 0.146. The van der Waals surface area contributed by atoms with Gasteiger partial charge >= 0.3 is 0 Å². The highest BCUT2D eigenvalue weighted by molar-refractivity contribution is 5.96. The standard InChI is InChI=1S/C11H12N2O3/c12-10(14)6-13-11(15)8-1-2-9-7(5-8)3-4-16-9/h1-2,5H,3-4,6H2,(H2,12,14)(H,13,15). The molecule has 1 aromatic rings. The first-order valence-corrected chi connectivity index (χ1v) is 4.99. The van der Waals surface area contributed by atoms with Gasteiger partial charge in [-0.3, -0.25) is 9.59 Å². The molecule has 0 fully saturated rings. The van der Waals surface area contributed by atoms with E-state index in [0.717, 1.165) is 17.7 Å². The number of nitrogens with two attached hydrogens (primary N) is 1. The third-order valence-corrected chi connectivity index (χ3v) is 2.37. The van der Waals surface area contributed by atoms with Gasteiger partial charge in [0.1, 0.15) is 5.75 Å². The maximum atomic E-state index is 11.6. The van der Waals surface area contributed by atoms with E-state index in [2.05, 4.69) is 5.32 Å². The molecular formula is C11H12N2O3. The molecule has 0 bridgehead atoms. The first kappa shape index (κ1) is 10.5. The molecule has 0 aromatic heterocycles. The summed E-state index contributed by atoms with van der Waals surface area (Å²) in [6.45, 7) is 0.508. The Kier molecular flexibility index (Phi) is 2.76. The average Bonchev–Trinajstić information content (AvgIpc) is 2.72. The van der Waals surface area contributed by atoms with Gasteiger partial charge in [-0.2, -0.15) is 0 Å². The van der Waals surface area contributed by atoms with Crippen LogP contribution in [0.25, 0.3) is 0 Å². The van der Waals surface area contributed by atoms with Crippen molar-refractivity contribution in [2.75, 3.05) is 13.2 Å². The van der Waals surface area contributed by atoms with Gasteiger partial charge in [0.15, 0.2) is 0 Å². The molecule has 16 heavy (non-hydrogen) atoms. The molecule has 3 N–H and O–H groups in total. The first-order chi connectivity index (χ1) is 7.66. The van der Waals surface area contributed by atoms with Crippen LogP contribution in [0.1, 0.15) is 15.9 Å². The zero-order valence-corrected chi connectivity index (χ0v) is 8.66. The molecule has 0 saturated heterocycles. The van der Waals surface area contributed by atoms with Crippen molar-refractivity contribution in [3.8, 4) is 5.75 Å². The van der Waals surface area contributed by atoms with E-state index in [-0.39, 0.29) is 12.5 Å². The molecule has 1 aliphatic heterocycles. The smallest absolute Gasteiger partial charge is 0.251 e. The van der Waals surface area contributed by atoms with Crippen LogP contribution >= 0.6 is 0 Å². The zero-order valence-electron chi connectivity index (χ0n) is 8.66. The Bertz CT molecular complexity index is 443. The third-order valence-electron chi connectivity index (χ3n) is 2.37. The lowest BCUT2D eigenvalue weighted by molar-refractivity contribution is -0.117. The number of hydrogen-bond donors (Lipinski definition) is 2. The Balaban J connectivity index is 2.09. The van der Waals surface area contributed by atoms with Crippen molar-refractivity contribution in [3.63, 3.8) is 0 Å². The largest absolute Gasteiger partial charge is 0.493 e. The van der Waals surface area contributed by atoms with Crippen molar-refractivity contribution in [2.45, 2.75) is 6.42 Å². The second-order valence-electron chi connectivity index (χ2n) is 3.57. The van der Waals surface area contributed by atoms with Crippen LogP contribution in [0.2, 0.25) is 0 Å². The minimum atomic E-state index is -0.558. The van der Waals surface area contributed by atoms with Gasteiger partial charge in [-0.1, -0.05) is 0 Å². The second kappa shape index (κ2) is 4.22. The van der Waals surface area contributed by atoms with E-state index in [1.165, 1.54) is 0 Å². The molecule has 0 spiro atoms. The number of hydrogen-bond acceptors (Lipinski definition) is 3. The Hall–Kier alpha value is -2.04. The highest BCUT2D eigenvalue weighted by atomic mass is 16.5. The summed E-state index contributed by atoms with van der Waals surface area (Å²) in [5.74, 6) is -0.0298. The number of carbonyl (C=O) groups is 2. The lowest BCUT2D eigenvalue weighted by Gasteiger charge is -2.04. The number of nitrogens with one attached hydrogen (secondary N) is 1. The van der Waals surface area contributed by atoms with Crippen LogP contribution in [0.5, 0.6) is 5.75 Å². The number of ether oxygens (including phenoxy) is 1. The molecule has 0 atom stereocenters. The van der Waals surface area contributed by atoms with Gasteiger partial charge in [-0.05, 0) is 23.8 Å². The van der Waals surface area contributed by atoms with Crippen molar-refractivity contribution in [3.05, 3.63) is 29.3 Å². The fraction of sp³-hybridized carbons (Fsp3) is 0.273. The van der Waals surface area contributed by atoms with E-state index in [9.17, 15) is 9.59 Å². The molecule has 0 unspecified atom stereocenters. The predicted octanol–water partition coefficient (Wildman–Crippen LogP) is -0.163. The van der Waals surface area contributed by atoms with Crippen LogP contribution in [0, 0.1) is 0 Å². The van der Waals surface area contributed by atoms with Crippen molar-refractivity contribution >= 4 is 11.8 Å². The van der Waals surface area contributed by atoms with Crippen LogP contribution in [0.15, 0.2) is 18.2 Å². The molecule has 84 valence electrons. The highest BCUT2D eigenvalue weighted by Crippen LogP contribution is 2.25. The summed E-state index contributed by atoms with van der Waals surface area (Å²) < 4.78 is 5.33. The first-order valence-electron chi connectivity index (χ1n) is 4.99. The van der Waals surface area contributed by atoms with Gasteiger partial charge < -0.3 is 15.8 Å². The van der Waals surface area contributed by atoms with E-state index in [1.54, 1.807) is 18.2 Å². The summed E-state index contributed by atoms with van der Waals surface area (Å²) in [7, 11) is 0. The summed E-state index contributed by atoms with van der Waals surface area (Å²) >= 11 is 0.